The highest BCUT2D eigenvalue weighted by atomic mass is 19.2. The van der Waals surface area contributed by atoms with Crippen molar-refractivity contribution < 1.29 is 37.2 Å². The van der Waals surface area contributed by atoms with Crippen LogP contribution in [-0.4, -0.2) is 45.8 Å². The van der Waals surface area contributed by atoms with E-state index in [0.717, 1.165) is 36.1 Å². The minimum Gasteiger partial charge on any atom is -0.469 e. The molecule has 10 nitrogen and oxygen atoms in total. The fraction of sp³-hybridized carbons (Fsp3) is 0.406. The Hall–Kier alpha value is -4.61. The van der Waals surface area contributed by atoms with Crippen molar-refractivity contribution in [3.63, 3.8) is 0 Å². The molecule has 0 spiro atoms. The molecule has 2 aromatic carbocycles. The topological polar surface area (TPSA) is 117 Å². The number of carbonyl (C=O) groups excluding carboxylic acids is 3. The van der Waals surface area contributed by atoms with E-state index in [1.54, 1.807) is 6.92 Å². The van der Waals surface area contributed by atoms with Crippen molar-refractivity contribution in [2.45, 2.75) is 77.0 Å². The fourth-order valence-corrected chi connectivity index (χ4v) is 6.55. The summed E-state index contributed by atoms with van der Waals surface area (Å²) in [6.07, 6.45) is 3.25. The number of amides is 1. The maximum atomic E-state index is 14.3. The summed E-state index contributed by atoms with van der Waals surface area (Å²) in [6, 6.07) is 8.73. The lowest BCUT2D eigenvalue weighted by Crippen LogP contribution is -2.31. The van der Waals surface area contributed by atoms with Gasteiger partial charge in [0.1, 0.15) is 23.4 Å². The van der Waals surface area contributed by atoms with Crippen LogP contribution < -0.4 is 4.90 Å². The highest BCUT2D eigenvalue weighted by Crippen LogP contribution is 2.42. The number of halogens is 2. The maximum Gasteiger partial charge on any atom is 0.311 e. The van der Waals surface area contributed by atoms with Gasteiger partial charge in [-0.2, -0.15) is 0 Å². The molecule has 0 unspecified atom stereocenters. The average Bonchev–Trinajstić information content (AvgIpc) is 3.68. The van der Waals surface area contributed by atoms with Crippen LogP contribution in [0.2, 0.25) is 0 Å². The number of esters is 2. The molecule has 1 amide bonds. The van der Waals surface area contributed by atoms with Crippen LogP contribution in [0.4, 0.5) is 14.5 Å². The first-order chi connectivity index (χ1) is 21.1. The highest BCUT2D eigenvalue weighted by Gasteiger charge is 2.39. The third kappa shape index (κ3) is 5.44. The molecule has 1 saturated carbocycles. The summed E-state index contributed by atoms with van der Waals surface area (Å²) >= 11 is 0. The van der Waals surface area contributed by atoms with Gasteiger partial charge in [-0.15, -0.1) is 0 Å². The Kier molecular flexibility index (Phi) is 7.91. The molecule has 230 valence electrons. The van der Waals surface area contributed by atoms with E-state index in [0.29, 0.717) is 47.6 Å². The van der Waals surface area contributed by atoms with Crippen molar-refractivity contribution >= 4 is 34.6 Å². The van der Waals surface area contributed by atoms with Gasteiger partial charge in [-0.05, 0) is 68.9 Å². The van der Waals surface area contributed by atoms with Gasteiger partial charge < -0.3 is 23.5 Å². The quantitative estimate of drug-likeness (QED) is 0.239. The summed E-state index contributed by atoms with van der Waals surface area (Å²) in [5, 5.41) is 4.07. The van der Waals surface area contributed by atoms with E-state index in [-0.39, 0.29) is 42.6 Å². The molecule has 2 aliphatic rings. The number of aromatic nitrogens is 3. The second kappa shape index (κ2) is 11.8. The smallest absolute Gasteiger partial charge is 0.311 e. The molecule has 2 fully saturated rings. The van der Waals surface area contributed by atoms with Gasteiger partial charge in [0.15, 0.2) is 11.6 Å². The first-order valence-corrected chi connectivity index (χ1v) is 14.6. The van der Waals surface area contributed by atoms with E-state index in [1.807, 2.05) is 18.2 Å². The molecule has 1 aliphatic heterocycles. The average molecular weight is 607 g/mol. The number of imidazole rings is 1. The van der Waals surface area contributed by atoms with Crippen molar-refractivity contribution in [1.29, 1.82) is 0 Å². The van der Waals surface area contributed by atoms with Crippen LogP contribution in [0.15, 0.2) is 40.9 Å². The summed E-state index contributed by atoms with van der Waals surface area (Å²) in [4.78, 5) is 43.3. The second-order valence-electron chi connectivity index (χ2n) is 11.3. The molecule has 0 bridgehead atoms. The van der Waals surface area contributed by atoms with Gasteiger partial charge in [0.05, 0.1) is 30.6 Å². The normalized spacial score (nSPS) is 20.3. The van der Waals surface area contributed by atoms with Gasteiger partial charge in [0, 0.05) is 36.7 Å². The lowest BCUT2D eigenvalue weighted by molar-refractivity contribution is -0.148. The Morgan fingerprint density at radius 1 is 1.05 bits per heavy atom. The molecule has 6 rings (SSSR count). The summed E-state index contributed by atoms with van der Waals surface area (Å²) < 4.78 is 46.0. The Bertz CT molecular complexity index is 1760. The Morgan fingerprint density at radius 2 is 1.82 bits per heavy atom. The van der Waals surface area contributed by atoms with Gasteiger partial charge in [0.25, 0.3) is 0 Å². The van der Waals surface area contributed by atoms with Gasteiger partial charge in [0.2, 0.25) is 5.91 Å². The van der Waals surface area contributed by atoms with E-state index < -0.39 is 23.6 Å². The Morgan fingerprint density at radius 3 is 2.52 bits per heavy atom. The minimum absolute atomic E-state index is 0.00220. The number of hydrogen-bond donors (Lipinski definition) is 0. The zero-order valence-corrected chi connectivity index (χ0v) is 24.6. The van der Waals surface area contributed by atoms with Crippen molar-refractivity contribution in [3.8, 4) is 11.1 Å². The number of methoxy groups -OCH3 is 1. The number of aryl methyl sites for hydroxylation is 1. The standard InChI is InChI=1S/C32H32F2N4O6/c1-17-31(26(36-44-17)16-30(41)42-3)19-4-11-27-25(14-19)35-32(38(27)20-5-8-22(9-6-20)43-18(2)39)28-12-13-29(40)37(28)21-7-10-23(33)24(34)15-21/h4,7,10-11,14-15,20,22,28H,5-6,8-9,12-13,16H2,1-3H3/t20?,22?,28-/m0/s1. The van der Waals surface area contributed by atoms with E-state index >= 15 is 0 Å². The molecule has 0 N–H and O–H groups in total. The third-order valence-corrected chi connectivity index (χ3v) is 8.51. The van der Waals surface area contributed by atoms with Crippen LogP contribution >= 0.6 is 0 Å². The number of fused-ring (bicyclic) bond motifs is 1. The minimum atomic E-state index is -1.03. The number of rotatable bonds is 7. The lowest BCUT2D eigenvalue weighted by Gasteiger charge is -2.32. The van der Waals surface area contributed by atoms with Crippen molar-refractivity contribution in [1.82, 2.24) is 14.7 Å². The summed E-state index contributed by atoms with van der Waals surface area (Å²) in [5.41, 5.74) is 3.64. The first kappa shape index (κ1) is 29.5. The van der Waals surface area contributed by atoms with Crippen LogP contribution in [0.25, 0.3) is 22.2 Å². The number of carbonyl (C=O) groups is 3. The molecule has 1 atom stereocenters. The summed E-state index contributed by atoms with van der Waals surface area (Å²) in [7, 11) is 1.31. The number of ether oxygens (including phenoxy) is 2. The summed E-state index contributed by atoms with van der Waals surface area (Å²) in [6.45, 7) is 3.17. The van der Waals surface area contributed by atoms with Gasteiger partial charge in [-0.3, -0.25) is 14.4 Å². The van der Waals surface area contributed by atoms with Crippen molar-refractivity contribution in [3.05, 3.63) is 65.3 Å². The predicted molar refractivity (Wildman–Crippen MR) is 155 cm³/mol. The number of anilines is 1. The SMILES string of the molecule is COC(=O)Cc1noc(C)c1-c1ccc2c(c1)nc([C@@H]1CCC(=O)N1c1ccc(F)c(F)c1)n2C1CCC(OC(C)=O)CC1. The number of nitrogens with zero attached hydrogens (tertiary/aromatic N) is 4. The molecule has 12 heteroatoms. The zero-order valence-electron chi connectivity index (χ0n) is 24.6. The van der Waals surface area contributed by atoms with Gasteiger partial charge in [-0.1, -0.05) is 11.2 Å². The maximum absolute atomic E-state index is 14.3. The van der Waals surface area contributed by atoms with Crippen LogP contribution in [0.1, 0.15) is 74.8 Å². The van der Waals surface area contributed by atoms with Crippen LogP contribution in [0.5, 0.6) is 0 Å². The molecular formula is C32H32F2N4O6. The van der Waals surface area contributed by atoms with Crippen molar-refractivity contribution in [2.24, 2.45) is 0 Å². The summed E-state index contributed by atoms with van der Waals surface area (Å²) in [5.74, 6) is -1.80. The van der Waals surface area contributed by atoms with E-state index in [2.05, 4.69) is 9.72 Å². The van der Waals surface area contributed by atoms with Crippen LogP contribution in [0, 0.1) is 18.6 Å². The number of benzene rings is 2. The molecule has 0 radical (unpaired) electrons. The molecule has 4 aromatic rings. The molecule has 1 aliphatic carbocycles. The number of hydrogen-bond acceptors (Lipinski definition) is 8. The molecule has 2 aromatic heterocycles. The predicted octanol–water partition coefficient (Wildman–Crippen LogP) is 5.91. The second-order valence-corrected chi connectivity index (χ2v) is 11.3. The zero-order chi connectivity index (χ0) is 31.1. The van der Waals surface area contributed by atoms with Gasteiger partial charge >= 0.3 is 11.9 Å². The van der Waals surface area contributed by atoms with Crippen LogP contribution in [-0.2, 0) is 30.3 Å². The van der Waals surface area contributed by atoms with Crippen LogP contribution in [0.3, 0.4) is 0 Å². The third-order valence-electron chi connectivity index (χ3n) is 8.51. The first-order valence-electron chi connectivity index (χ1n) is 14.6. The molecule has 3 heterocycles. The Labute approximate surface area is 251 Å². The largest absolute Gasteiger partial charge is 0.469 e. The fourth-order valence-electron chi connectivity index (χ4n) is 6.55. The molecule has 1 saturated heterocycles. The molecular weight excluding hydrogens is 574 g/mol. The monoisotopic (exact) mass is 606 g/mol. The van der Waals surface area contributed by atoms with Crippen molar-refractivity contribution in [2.75, 3.05) is 12.0 Å². The van der Waals surface area contributed by atoms with E-state index in [1.165, 1.54) is 25.0 Å². The lowest BCUT2D eigenvalue weighted by atomic mass is 9.92. The molecule has 44 heavy (non-hydrogen) atoms. The Balaban J connectivity index is 1.45. The van der Waals surface area contributed by atoms with E-state index in [9.17, 15) is 23.2 Å². The highest BCUT2D eigenvalue weighted by molar-refractivity contribution is 5.96. The van der Waals surface area contributed by atoms with E-state index in [4.69, 9.17) is 19.0 Å². The van der Waals surface area contributed by atoms with Gasteiger partial charge in [-0.25, -0.2) is 13.8 Å².